The fourth-order valence-corrected chi connectivity index (χ4v) is 6.97. The molecular weight excluding hydrogens is 451 g/mol. The van der Waals surface area contributed by atoms with Gasteiger partial charge in [-0.2, -0.15) is 5.48 Å². The second-order valence-electron chi connectivity index (χ2n) is 13.1. The van der Waals surface area contributed by atoms with Crippen LogP contribution in [0.25, 0.3) is 0 Å². The minimum absolute atomic E-state index is 0.0326. The highest BCUT2D eigenvalue weighted by Crippen LogP contribution is 2.44. The average molecular weight is 500 g/mol. The highest BCUT2D eigenvalue weighted by molar-refractivity contribution is 7.10. The van der Waals surface area contributed by atoms with Crippen LogP contribution < -0.4 is 5.48 Å². The van der Waals surface area contributed by atoms with Crippen LogP contribution in [0.3, 0.4) is 0 Å². The maximum absolute atomic E-state index is 6.98. The Kier molecular flexibility index (Phi) is 8.74. The zero-order valence-electron chi connectivity index (χ0n) is 22.7. The lowest BCUT2D eigenvalue weighted by molar-refractivity contribution is -0.0610. The third-order valence-electron chi connectivity index (χ3n) is 7.79. The number of nitrogens with one attached hydrogen (secondary N) is 1. The summed E-state index contributed by atoms with van der Waals surface area (Å²) in [5.41, 5.74) is 3.33. The second-order valence-corrected chi connectivity index (χ2v) is 23.6. The van der Waals surface area contributed by atoms with E-state index in [0.29, 0.717) is 12.5 Å². The van der Waals surface area contributed by atoms with Gasteiger partial charge in [-0.05, 0) is 60.0 Å². The molecule has 2 heterocycles. The van der Waals surface area contributed by atoms with Crippen LogP contribution in [0.1, 0.15) is 73.1 Å². The van der Waals surface area contributed by atoms with Gasteiger partial charge in [0.25, 0.3) is 0 Å². The Labute approximate surface area is 204 Å². The Balaban J connectivity index is 2.31. The fourth-order valence-electron chi connectivity index (χ4n) is 3.73. The van der Waals surface area contributed by atoms with Crippen molar-refractivity contribution >= 4 is 28.0 Å². The van der Waals surface area contributed by atoms with Crippen molar-refractivity contribution in [1.82, 2.24) is 5.48 Å². The lowest BCUT2D eigenvalue weighted by Crippen LogP contribution is -2.51. The van der Waals surface area contributed by atoms with E-state index in [4.69, 9.17) is 13.7 Å². The van der Waals surface area contributed by atoms with Gasteiger partial charge in [0.1, 0.15) is 6.10 Å². The normalized spacial score (nSPS) is 24.3. The second kappa shape index (κ2) is 9.92. The molecule has 7 heteroatoms. The van der Waals surface area contributed by atoms with Gasteiger partial charge in [-0.3, -0.25) is 4.84 Å². The molecule has 32 heavy (non-hydrogen) atoms. The number of thiophene rings is 1. The molecule has 0 aromatic carbocycles. The van der Waals surface area contributed by atoms with Crippen LogP contribution in [0.4, 0.5) is 0 Å². The molecule has 0 bridgehead atoms. The standard InChI is InChI=1S/C25H49NO3SSi2/c1-19(2)16-25(22-14-13-15-30-22)17-20(28-26-25)21(29-32(11,12)24(6,7)8)18-27-31(9,10)23(3,4)5/h13-15,19-21,26H,16-18H2,1-12H3/t20-,21-,25-/m1/s1. The van der Waals surface area contributed by atoms with Gasteiger partial charge in [0.2, 0.25) is 0 Å². The fraction of sp³-hybridized carbons (Fsp3) is 0.840. The van der Waals surface area contributed by atoms with Crippen molar-refractivity contribution in [3.63, 3.8) is 0 Å². The lowest BCUT2D eigenvalue weighted by atomic mass is 9.83. The smallest absolute Gasteiger partial charge is 0.192 e. The summed E-state index contributed by atoms with van der Waals surface area (Å²) in [5.74, 6) is 0.565. The maximum Gasteiger partial charge on any atom is 0.192 e. The third kappa shape index (κ3) is 6.55. The van der Waals surface area contributed by atoms with Gasteiger partial charge in [0.05, 0.1) is 18.2 Å². The quantitative estimate of drug-likeness (QED) is 0.353. The van der Waals surface area contributed by atoms with E-state index in [-0.39, 0.29) is 27.8 Å². The van der Waals surface area contributed by atoms with Crippen LogP contribution in [0.2, 0.25) is 36.3 Å². The first-order valence-corrected chi connectivity index (χ1v) is 18.9. The summed E-state index contributed by atoms with van der Waals surface area (Å²) < 4.78 is 13.7. The SMILES string of the molecule is CC(C)C[C@]1(c2cccs2)C[C@H]([C@@H](CO[Si](C)(C)C(C)(C)C)O[Si](C)(C)C(C)(C)C)ON1. The van der Waals surface area contributed by atoms with Gasteiger partial charge in [0, 0.05) is 11.3 Å². The van der Waals surface area contributed by atoms with Gasteiger partial charge >= 0.3 is 0 Å². The molecule has 0 amide bonds. The van der Waals surface area contributed by atoms with E-state index >= 15 is 0 Å². The predicted molar refractivity (Wildman–Crippen MR) is 143 cm³/mol. The molecule has 0 aliphatic carbocycles. The summed E-state index contributed by atoms with van der Waals surface area (Å²) in [6.45, 7) is 28.2. The van der Waals surface area contributed by atoms with Crippen LogP contribution in [0.5, 0.6) is 0 Å². The van der Waals surface area contributed by atoms with Crippen molar-refractivity contribution in [3.8, 4) is 0 Å². The van der Waals surface area contributed by atoms with E-state index < -0.39 is 16.6 Å². The van der Waals surface area contributed by atoms with Crippen molar-refractivity contribution in [3.05, 3.63) is 22.4 Å². The molecule has 1 aliphatic heterocycles. The number of hydrogen-bond acceptors (Lipinski definition) is 5. The van der Waals surface area contributed by atoms with Gasteiger partial charge in [0.15, 0.2) is 16.6 Å². The average Bonchev–Trinajstić information content (AvgIpc) is 3.26. The lowest BCUT2D eigenvalue weighted by Gasteiger charge is -2.42. The first kappa shape index (κ1) is 28.2. The molecule has 0 saturated carbocycles. The molecule has 3 atom stereocenters. The summed E-state index contributed by atoms with van der Waals surface area (Å²) in [6, 6.07) is 4.38. The highest BCUT2D eigenvalue weighted by Gasteiger charge is 2.49. The first-order chi connectivity index (χ1) is 14.4. The maximum atomic E-state index is 6.98. The van der Waals surface area contributed by atoms with Crippen LogP contribution >= 0.6 is 11.3 Å². The Morgan fingerprint density at radius 2 is 1.69 bits per heavy atom. The number of hydrogen-bond donors (Lipinski definition) is 1. The highest BCUT2D eigenvalue weighted by atomic mass is 32.1. The zero-order valence-corrected chi connectivity index (χ0v) is 25.5. The van der Waals surface area contributed by atoms with Crippen molar-refractivity contribution in [2.75, 3.05) is 6.61 Å². The minimum Gasteiger partial charge on any atom is -0.414 e. The van der Waals surface area contributed by atoms with Crippen LogP contribution in [-0.2, 0) is 19.2 Å². The molecule has 1 saturated heterocycles. The monoisotopic (exact) mass is 499 g/mol. The largest absolute Gasteiger partial charge is 0.414 e. The predicted octanol–water partition coefficient (Wildman–Crippen LogP) is 7.70. The molecule has 1 aromatic rings. The summed E-state index contributed by atoms with van der Waals surface area (Å²) in [4.78, 5) is 7.71. The van der Waals surface area contributed by atoms with Crippen LogP contribution in [0, 0.1) is 5.92 Å². The van der Waals surface area contributed by atoms with E-state index in [1.54, 1.807) is 0 Å². The molecular formula is C25H49NO3SSi2. The van der Waals surface area contributed by atoms with Crippen LogP contribution in [-0.4, -0.2) is 35.4 Å². The van der Waals surface area contributed by atoms with E-state index in [1.165, 1.54) is 4.88 Å². The van der Waals surface area contributed by atoms with Gasteiger partial charge < -0.3 is 8.85 Å². The van der Waals surface area contributed by atoms with E-state index in [0.717, 1.165) is 12.8 Å². The molecule has 0 spiro atoms. The van der Waals surface area contributed by atoms with E-state index in [9.17, 15) is 0 Å². The van der Waals surface area contributed by atoms with E-state index in [2.05, 4.69) is 105 Å². The minimum atomic E-state index is -1.99. The molecule has 186 valence electrons. The zero-order chi connectivity index (χ0) is 24.6. The summed E-state index contributed by atoms with van der Waals surface area (Å²) in [6.07, 6.45) is 1.84. The first-order valence-electron chi connectivity index (χ1n) is 12.2. The number of rotatable bonds is 9. The van der Waals surface area contributed by atoms with Gasteiger partial charge in [-0.1, -0.05) is 61.5 Å². The number of hydroxylamine groups is 1. The molecule has 4 nitrogen and oxygen atoms in total. The topological polar surface area (TPSA) is 39.7 Å². The third-order valence-corrected chi connectivity index (χ3v) is 17.9. The summed E-state index contributed by atoms with van der Waals surface area (Å²) in [5, 5.41) is 2.47. The Morgan fingerprint density at radius 3 is 2.16 bits per heavy atom. The molecule has 1 fully saturated rings. The van der Waals surface area contributed by atoms with Crippen molar-refractivity contribution in [2.24, 2.45) is 5.92 Å². The summed E-state index contributed by atoms with van der Waals surface area (Å²) in [7, 11) is -3.89. The molecule has 1 aromatic heterocycles. The molecule has 0 unspecified atom stereocenters. The van der Waals surface area contributed by atoms with Gasteiger partial charge in [-0.25, -0.2) is 0 Å². The van der Waals surface area contributed by atoms with Crippen molar-refractivity contribution < 1.29 is 13.7 Å². The molecule has 0 radical (unpaired) electrons. The van der Waals surface area contributed by atoms with Gasteiger partial charge in [-0.15, -0.1) is 11.3 Å². The van der Waals surface area contributed by atoms with Crippen molar-refractivity contribution in [1.29, 1.82) is 0 Å². The van der Waals surface area contributed by atoms with Crippen LogP contribution in [0.15, 0.2) is 17.5 Å². The molecule has 2 rings (SSSR count). The van der Waals surface area contributed by atoms with E-state index in [1.807, 2.05) is 11.3 Å². The Bertz CT molecular complexity index is 723. The Morgan fingerprint density at radius 1 is 1.09 bits per heavy atom. The molecule has 1 N–H and O–H groups in total. The summed E-state index contributed by atoms with van der Waals surface area (Å²) >= 11 is 1.81. The Hall–Kier alpha value is -0.0262. The molecule has 1 aliphatic rings. The van der Waals surface area contributed by atoms with Crippen molar-refractivity contribution in [2.45, 2.75) is 122 Å².